The van der Waals surface area contributed by atoms with Gasteiger partial charge in [0.2, 0.25) is 0 Å². The standard InChI is InChI=1S/C19H20N4/c20-12-16-11-17(14-7-3-1-4-8-14)13-23-19(16)21-18(22-23)15-9-5-2-6-10-15/h1-10,16-17H,11-13,20H2. The van der Waals surface area contributed by atoms with Gasteiger partial charge in [0.15, 0.2) is 5.82 Å². The molecule has 1 aliphatic rings. The zero-order chi connectivity index (χ0) is 15.6. The smallest absolute Gasteiger partial charge is 0.181 e. The number of nitrogens with zero attached hydrogens (tertiary/aromatic N) is 3. The predicted molar refractivity (Wildman–Crippen MR) is 91.1 cm³/mol. The maximum absolute atomic E-state index is 6.03. The molecular weight excluding hydrogens is 284 g/mol. The van der Waals surface area contributed by atoms with E-state index in [2.05, 4.69) is 35.0 Å². The van der Waals surface area contributed by atoms with Crippen LogP contribution in [0.15, 0.2) is 60.7 Å². The summed E-state index contributed by atoms with van der Waals surface area (Å²) in [5.41, 5.74) is 8.44. The van der Waals surface area contributed by atoms with Crippen LogP contribution in [0.1, 0.15) is 29.6 Å². The van der Waals surface area contributed by atoms with Crippen LogP contribution < -0.4 is 5.73 Å². The van der Waals surface area contributed by atoms with Gasteiger partial charge in [0.25, 0.3) is 0 Å². The largest absolute Gasteiger partial charge is 0.330 e. The summed E-state index contributed by atoms with van der Waals surface area (Å²) < 4.78 is 2.06. The van der Waals surface area contributed by atoms with Gasteiger partial charge in [0, 0.05) is 30.5 Å². The van der Waals surface area contributed by atoms with Crippen LogP contribution >= 0.6 is 0 Å². The van der Waals surface area contributed by atoms with Gasteiger partial charge in [0.05, 0.1) is 0 Å². The first-order chi connectivity index (χ1) is 11.3. The fourth-order valence-electron chi connectivity index (χ4n) is 3.40. The summed E-state index contributed by atoms with van der Waals surface area (Å²) in [4.78, 5) is 4.77. The van der Waals surface area contributed by atoms with E-state index in [0.717, 1.165) is 30.2 Å². The molecular formula is C19H20N4. The molecule has 0 saturated heterocycles. The Morgan fingerprint density at radius 1 is 1.00 bits per heavy atom. The first kappa shape index (κ1) is 14.2. The number of rotatable bonds is 3. The molecule has 4 heteroatoms. The van der Waals surface area contributed by atoms with E-state index in [1.807, 2.05) is 30.3 Å². The second-order valence-corrected chi connectivity index (χ2v) is 6.12. The molecule has 0 saturated carbocycles. The molecule has 2 atom stereocenters. The molecule has 0 fully saturated rings. The Morgan fingerprint density at radius 3 is 2.39 bits per heavy atom. The Morgan fingerprint density at radius 2 is 1.70 bits per heavy atom. The minimum absolute atomic E-state index is 0.263. The lowest BCUT2D eigenvalue weighted by atomic mass is 9.85. The number of hydrogen-bond donors (Lipinski definition) is 1. The van der Waals surface area contributed by atoms with Crippen LogP contribution in [0.4, 0.5) is 0 Å². The lowest BCUT2D eigenvalue weighted by Gasteiger charge is -2.28. The minimum Gasteiger partial charge on any atom is -0.330 e. The second kappa shape index (κ2) is 5.97. The van der Waals surface area contributed by atoms with Crippen molar-refractivity contribution in [3.05, 3.63) is 72.1 Å². The fraction of sp³-hybridized carbons (Fsp3) is 0.263. The average molecular weight is 304 g/mol. The van der Waals surface area contributed by atoms with Gasteiger partial charge in [-0.1, -0.05) is 60.7 Å². The molecule has 23 heavy (non-hydrogen) atoms. The van der Waals surface area contributed by atoms with Gasteiger partial charge in [-0.15, -0.1) is 0 Å². The maximum Gasteiger partial charge on any atom is 0.181 e. The molecule has 0 aliphatic carbocycles. The molecule has 1 aromatic heterocycles. The second-order valence-electron chi connectivity index (χ2n) is 6.12. The lowest BCUT2D eigenvalue weighted by Crippen LogP contribution is -2.28. The van der Waals surface area contributed by atoms with E-state index in [1.54, 1.807) is 0 Å². The SMILES string of the molecule is NCC1CC(c2ccccc2)Cn2nc(-c3ccccc3)nc21. The highest BCUT2D eigenvalue weighted by Gasteiger charge is 2.30. The normalized spacial score (nSPS) is 20.2. The number of benzene rings is 2. The highest BCUT2D eigenvalue weighted by atomic mass is 15.4. The third-order valence-corrected chi connectivity index (χ3v) is 4.62. The number of fused-ring (bicyclic) bond motifs is 1. The summed E-state index contributed by atoms with van der Waals surface area (Å²) in [5.74, 6) is 2.53. The molecule has 1 aliphatic heterocycles. The van der Waals surface area contributed by atoms with Gasteiger partial charge in [-0.05, 0) is 12.0 Å². The van der Waals surface area contributed by atoms with Crippen molar-refractivity contribution in [2.24, 2.45) is 5.73 Å². The Bertz CT molecular complexity index is 780. The number of aromatic nitrogens is 3. The van der Waals surface area contributed by atoms with Crippen LogP contribution in [0.3, 0.4) is 0 Å². The zero-order valence-electron chi connectivity index (χ0n) is 13.0. The Balaban J connectivity index is 1.70. The van der Waals surface area contributed by atoms with Gasteiger partial charge >= 0.3 is 0 Å². The molecule has 2 aromatic carbocycles. The van der Waals surface area contributed by atoms with Crippen LogP contribution in [-0.2, 0) is 6.54 Å². The van der Waals surface area contributed by atoms with Crippen molar-refractivity contribution in [2.45, 2.75) is 24.8 Å². The van der Waals surface area contributed by atoms with Crippen molar-refractivity contribution < 1.29 is 0 Å². The van der Waals surface area contributed by atoms with E-state index in [0.29, 0.717) is 12.5 Å². The van der Waals surface area contributed by atoms with E-state index in [4.69, 9.17) is 15.8 Å². The summed E-state index contributed by atoms with van der Waals surface area (Å²) in [5, 5.41) is 4.74. The molecule has 116 valence electrons. The summed E-state index contributed by atoms with van der Waals surface area (Å²) in [6, 6.07) is 20.8. The molecule has 4 nitrogen and oxygen atoms in total. The van der Waals surface area contributed by atoms with E-state index in [1.165, 1.54) is 5.56 Å². The van der Waals surface area contributed by atoms with Crippen LogP contribution in [0.5, 0.6) is 0 Å². The fourth-order valence-corrected chi connectivity index (χ4v) is 3.40. The topological polar surface area (TPSA) is 56.7 Å². The van der Waals surface area contributed by atoms with Crippen LogP contribution in [0.2, 0.25) is 0 Å². The van der Waals surface area contributed by atoms with Crippen LogP contribution in [0, 0.1) is 0 Å². The van der Waals surface area contributed by atoms with Crippen molar-refractivity contribution in [3.63, 3.8) is 0 Å². The van der Waals surface area contributed by atoms with Gasteiger partial charge in [0.1, 0.15) is 5.82 Å². The molecule has 2 N–H and O–H groups in total. The average Bonchev–Trinajstić information content (AvgIpc) is 3.06. The Labute approximate surface area is 136 Å². The minimum atomic E-state index is 0.263. The zero-order valence-corrected chi connectivity index (χ0v) is 13.0. The summed E-state index contributed by atoms with van der Waals surface area (Å²) in [6.45, 7) is 1.48. The molecule has 0 spiro atoms. The summed E-state index contributed by atoms with van der Waals surface area (Å²) >= 11 is 0. The van der Waals surface area contributed by atoms with Crippen molar-refractivity contribution in [2.75, 3.05) is 6.54 Å². The van der Waals surface area contributed by atoms with Gasteiger partial charge in [-0.2, -0.15) is 5.10 Å². The maximum atomic E-state index is 6.03. The van der Waals surface area contributed by atoms with Crippen LogP contribution in [0.25, 0.3) is 11.4 Å². The van der Waals surface area contributed by atoms with Crippen LogP contribution in [-0.4, -0.2) is 21.3 Å². The molecule has 0 bridgehead atoms. The van der Waals surface area contributed by atoms with Gasteiger partial charge < -0.3 is 5.73 Å². The van der Waals surface area contributed by atoms with Gasteiger partial charge in [-0.25, -0.2) is 9.67 Å². The van der Waals surface area contributed by atoms with E-state index in [9.17, 15) is 0 Å². The Kier molecular flexibility index (Phi) is 3.67. The molecule has 0 radical (unpaired) electrons. The van der Waals surface area contributed by atoms with Gasteiger partial charge in [-0.3, -0.25) is 0 Å². The van der Waals surface area contributed by atoms with E-state index < -0.39 is 0 Å². The first-order valence-electron chi connectivity index (χ1n) is 8.10. The molecule has 3 aromatic rings. The molecule has 2 unspecified atom stereocenters. The molecule has 2 heterocycles. The third-order valence-electron chi connectivity index (χ3n) is 4.62. The number of nitrogens with two attached hydrogens (primary N) is 1. The Hall–Kier alpha value is -2.46. The lowest BCUT2D eigenvalue weighted by molar-refractivity contribution is 0.372. The predicted octanol–water partition coefficient (Wildman–Crippen LogP) is 3.17. The van der Waals surface area contributed by atoms with E-state index >= 15 is 0 Å². The monoisotopic (exact) mass is 304 g/mol. The quantitative estimate of drug-likeness (QED) is 0.808. The highest BCUT2D eigenvalue weighted by Crippen LogP contribution is 2.35. The third kappa shape index (κ3) is 2.66. The number of hydrogen-bond acceptors (Lipinski definition) is 3. The molecule has 4 rings (SSSR count). The summed E-state index contributed by atoms with van der Waals surface area (Å²) in [7, 11) is 0. The molecule has 0 amide bonds. The van der Waals surface area contributed by atoms with Crippen molar-refractivity contribution in [3.8, 4) is 11.4 Å². The van der Waals surface area contributed by atoms with Crippen molar-refractivity contribution >= 4 is 0 Å². The first-order valence-corrected chi connectivity index (χ1v) is 8.10. The highest BCUT2D eigenvalue weighted by molar-refractivity contribution is 5.54. The van der Waals surface area contributed by atoms with Crippen molar-refractivity contribution in [1.29, 1.82) is 0 Å². The summed E-state index contributed by atoms with van der Waals surface area (Å²) in [6.07, 6.45) is 1.04. The van der Waals surface area contributed by atoms with Crippen molar-refractivity contribution in [1.82, 2.24) is 14.8 Å². The van der Waals surface area contributed by atoms with E-state index in [-0.39, 0.29) is 5.92 Å².